The van der Waals surface area contributed by atoms with Crippen molar-refractivity contribution in [1.29, 1.82) is 0 Å². The zero-order valence-corrected chi connectivity index (χ0v) is 15.7. The second kappa shape index (κ2) is 7.79. The van der Waals surface area contributed by atoms with Crippen molar-refractivity contribution in [3.63, 3.8) is 0 Å². The number of amides is 2. The van der Waals surface area contributed by atoms with Crippen LogP contribution in [0.4, 0.5) is 5.69 Å². The molecule has 0 unspecified atom stereocenters. The first-order valence-corrected chi connectivity index (χ1v) is 8.77. The molecule has 0 spiro atoms. The first kappa shape index (κ1) is 18.9. The molecule has 0 bridgehead atoms. The topological polar surface area (TPSA) is 102 Å². The second-order valence-electron chi connectivity index (χ2n) is 6.25. The molecule has 8 nitrogen and oxygen atoms in total. The summed E-state index contributed by atoms with van der Waals surface area (Å²) in [6.45, 7) is 1.30. The molecular formula is C18H19ClN4O4. The first-order valence-electron chi connectivity index (χ1n) is 8.39. The highest BCUT2D eigenvalue weighted by Gasteiger charge is 2.26. The number of carbonyl (C=O) groups excluding carboxylic acids is 2. The van der Waals surface area contributed by atoms with E-state index in [0.717, 1.165) is 17.4 Å². The molecule has 3 rings (SSSR count). The Labute approximate surface area is 160 Å². The van der Waals surface area contributed by atoms with Crippen molar-refractivity contribution in [1.82, 2.24) is 14.9 Å². The highest BCUT2D eigenvalue weighted by Crippen LogP contribution is 2.27. The van der Waals surface area contributed by atoms with Gasteiger partial charge in [-0.25, -0.2) is 4.98 Å². The highest BCUT2D eigenvalue weighted by molar-refractivity contribution is 6.31. The third-order valence-corrected chi connectivity index (χ3v) is 4.38. The molecule has 1 heterocycles. The summed E-state index contributed by atoms with van der Waals surface area (Å²) in [5.41, 5.74) is -0.259. The van der Waals surface area contributed by atoms with E-state index in [1.807, 2.05) is 0 Å². The predicted molar refractivity (Wildman–Crippen MR) is 100 cm³/mol. The van der Waals surface area contributed by atoms with Crippen LogP contribution in [0.25, 0.3) is 0 Å². The van der Waals surface area contributed by atoms with Gasteiger partial charge >= 0.3 is 0 Å². The molecule has 1 aliphatic rings. The molecule has 0 atom stereocenters. The summed E-state index contributed by atoms with van der Waals surface area (Å²) in [5, 5.41) is 5.84. The van der Waals surface area contributed by atoms with Gasteiger partial charge in [0.2, 0.25) is 5.91 Å². The van der Waals surface area contributed by atoms with Crippen molar-refractivity contribution in [3.8, 4) is 5.75 Å². The number of hydrogen-bond donors (Lipinski definition) is 2. The molecule has 1 aliphatic carbocycles. The van der Waals surface area contributed by atoms with Crippen molar-refractivity contribution >= 4 is 29.1 Å². The number of aromatic nitrogens is 2. The minimum atomic E-state index is -0.561. The minimum absolute atomic E-state index is 0.0827. The summed E-state index contributed by atoms with van der Waals surface area (Å²) in [6, 6.07) is 4.92. The maximum absolute atomic E-state index is 12.6. The average Bonchev–Trinajstić information content (AvgIpc) is 3.42. The molecule has 1 aromatic carbocycles. The van der Waals surface area contributed by atoms with Gasteiger partial charge in [0, 0.05) is 17.3 Å². The Balaban J connectivity index is 1.80. The fourth-order valence-corrected chi connectivity index (χ4v) is 2.69. The van der Waals surface area contributed by atoms with Gasteiger partial charge in [-0.15, -0.1) is 0 Å². The molecule has 1 saturated carbocycles. The number of methoxy groups -OCH3 is 1. The zero-order chi connectivity index (χ0) is 19.6. The molecule has 0 radical (unpaired) electrons. The van der Waals surface area contributed by atoms with E-state index in [2.05, 4.69) is 15.6 Å². The standard InChI is InChI=1S/C18H19ClN4O4/c1-10-20-8-13(17(25)21-12-4-5-12)18(26)23(10)9-16(24)22-14-7-11(19)3-6-15(14)27-2/h3,6-8,12H,4-5,9H2,1-2H3,(H,21,25)(H,22,24). The van der Waals surface area contributed by atoms with Crippen LogP contribution >= 0.6 is 11.6 Å². The Hall–Kier alpha value is -2.87. The number of hydrogen-bond acceptors (Lipinski definition) is 5. The van der Waals surface area contributed by atoms with Crippen LogP contribution in [0, 0.1) is 6.92 Å². The number of benzene rings is 1. The lowest BCUT2D eigenvalue weighted by molar-refractivity contribution is -0.116. The fourth-order valence-electron chi connectivity index (χ4n) is 2.52. The van der Waals surface area contributed by atoms with Gasteiger partial charge in [-0.2, -0.15) is 0 Å². The zero-order valence-electron chi connectivity index (χ0n) is 14.9. The Kier molecular flexibility index (Phi) is 5.46. The summed E-state index contributed by atoms with van der Waals surface area (Å²) in [4.78, 5) is 41.3. The lowest BCUT2D eigenvalue weighted by atomic mass is 10.2. The Morgan fingerprint density at radius 3 is 2.78 bits per heavy atom. The summed E-state index contributed by atoms with van der Waals surface area (Å²) < 4.78 is 6.35. The van der Waals surface area contributed by atoms with Gasteiger partial charge in [0.25, 0.3) is 11.5 Å². The predicted octanol–water partition coefficient (Wildman–Crippen LogP) is 1.74. The van der Waals surface area contributed by atoms with Crippen LogP contribution < -0.4 is 20.9 Å². The van der Waals surface area contributed by atoms with E-state index in [1.54, 1.807) is 25.1 Å². The normalized spacial score (nSPS) is 13.1. The van der Waals surface area contributed by atoms with Crippen LogP contribution in [0.1, 0.15) is 29.0 Å². The number of anilines is 1. The number of ether oxygens (including phenoxy) is 1. The van der Waals surface area contributed by atoms with Crippen molar-refractivity contribution in [2.45, 2.75) is 32.4 Å². The van der Waals surface area contributed by atoms with E-state index in [1.165, 1.54) is 13.3 Å². The quantitative estimate of drug-likeness (QED) is 0.782. The lowest BCUT2D eigenvalue weighted by Gasteiger charge is -2.13. The summed E-state index contributed by atoms with van der Waals surface area (Å²) in [6.07, 6.45) is 3.05. The van der Waals surface area contributed by atoms with Crippen molar-refractivity contribution in [3.05, 3.63) is 51.2 Å². The molecule has 2 N–H and O–H groups in total. The van der Waals surface area contributed by atoms with Gasteiger partial charge in [-0.05, 0) is 38.0 Å². The van der Waals surface area contributed by atoms with E-state index in [0.29, 0.717) is 22.3 Å². The number of halogens is 1. The molecule has 1 fully saturated rings. The summed E-state index contributed by atoms with van der Waals surface area (Å²) >= 11 is 5.95. The van der Waals surface area contributed by atoms with Crippen molar-refractivity contribution in [2.24, 2.45) is 0 Å². The molecule has 2 amide bonds. The van der Waals surface area contributed by atoms with Gasteiger partial charge in [-0.1, -0.05) is 11.6 Å². The maximum Gasteiger partial charge on any atom is 0.266 e. The molecule has 142 valence electrons. The minimum Gasteiger partial charge on any atom is -0.495 e. The molecule has 27 heavy (non-hydrogen) atoms. The van der Waals surface area contributed by atoms with Crippen LogP contribution in [-0.4, -0.2) is 34.5 Å². The maximum atomic E-state index is 12.6. The van der Waals surface area contributed by atoms with E-state index < -0.39 is 17.4 Å². The smallest absolute Gasteiger partial charge is 0.266 e. The van der Waals surface area contributed by atoms with E-state index in [4.69, 9.17) is 16.3 Å². The number of rotatable bonds is 6. The average molecular weight is 391 g/mol. The Morgan fingerprint density at radius 2 is 2.11 bits per heavy atom. The first-order chi connectivity index (χ1) is 12.9. The van der Waals surface area contributed by atoms with Gasteiger partial charge in [0.15, 0.2) is 0 Å². The largest absolute Gasteiger partial charge is 0.495 e. The monoisotopic (exact) mass is 390 g/mol. The third kappa shape index (κ3) is 4.46. The third-order valence-electron chi connectivity index (χ3n) is 4.14. The molecular weight excluding hydrogens is 372 g/mol. The molecule has 1 aromatic heterocycles. The highest BCUT2D eigenvalue weighted by atomic mass is 35.5. The number of carbonyl (C=O) groups is 2. The van der Waals surface area contributed by atoms with Crippen molar-refractivity contribution in [2.75, 3.05) is 12.4 Å². The van der Waals surface area contributed by atoms with E-state index in [-0.39, 0.29) is 18.2 Å². The van der Waals surface area contributed by atoms with Crippen molar-refractivity contribution < 1.29 is 14.3 Å². The van der Waals surface area contributed by atoms with E-state index in [9.17, 15) is 14.4 Å². The Bertz CT molecular complexity index is 953. The van der Waals surface area contributed by atoms with Gasteiger partial charge in [-0.3, -0.25) is 19.0 Å². The van der Waals surface area contributed by atoms with Gasteiger partial charge in [0.1, 0.15) is 23.7 Å². The van der Waals surface area contributed by atoms with Gasteiger partial charge in [0.05, 0.1) is 12.8 Å². The van der Waals surface area contributed by atoms with E-state index >= 15 is 0 Å². The van der Waals surface area contributed by atoms with Crippen LogP contribution in [0.5, 0.6) is 5.75 Å². The number of aryl methyl sites for hydroxylation is 1. The van der Waals surface area contributed by atoms with Crippen LogP contribution in [0.15, 0.2) is 29.2 Å². The SMILES string of the molecule is COc1ccc(Cl)cc1NC(=O)Cn1c(C)ncc(C(=O)NC2CC2)c1=O. The molecule has 0 saturated heterocycles. The van der Waals surface area contributed by atoms with Crippen LogP contribution in [-0.2, 0) is 11.3 Å². The second-order valence-corrected chi connectivity index (χ2v) is 6.69. The molecule has 9 heteroatoms. The number of nitrogens with one attached hydrogen (secondary N) is 2. The van der Waals surface area contributed by atoms with Gasteiger partial charge < -0.3 is 15.4 Å². The summed E-state index contributed by atoms with van der Waals surface area (Å²) in [7, 11) is 1.47. The summed E-state index contributed by atoms with van der Waals surface area (Å²) in [5.74, 6) is -0.174. The molecule has 2 aromatic rings. The lowest BCUT2D eigenvalue weighted by Crippen LogP contribution is -2.37. The number of nitrogens with zero attached hydrogens (tertiary/aromatic N) is 2. The Morgan fingerprint density at radius 1 is 1.37 bits per heavy atom. The van der Waals surface area contributed by atoms with Crippen LogP contribution in [0.2, 0.25) is 5.02 Å². The fraction of sp³-hybridized carbons (Fsp3) is 0.333. The molecule has 0 aliphatic heterocycles. The van der Waals surface area contributed by atoms with Crippen LogP contribution in [0.3, 0.4) is 0 Å².